The van der Waals surface area contributed by atoms with E-state index >= 15 is 0 Å². The summed E-state index contributed by atoms with van der Waals surface area (Å²) in [7, 11) is 0. The minimum Gasteiger partial charge on any atom is -0.395 e. The van der Waals surface area contributed by atoms with Crippen molar-refractivity contribution in [2.75, 3.05) is 19.7 Å². The van der Waals surface area contributed by atoms with Crippen molar-refractivity contribution in [3.63, 3.8) is 0 Å². The van der Waals surface area contributed by atoms with Gasteiger partial charge in [0.2, 0.25) is 0 Å². The van der Waals surface area contributed by atoms with Crippen molar-refractivity contribution >= 4 is 17.5 Å². The summed E-state index contributed by atoms with van der Waals surface area (Å²) in [6, 6.07) is 4.99. The van der Waals surface area contributed by atoms with Crippen molar-refractivity contribution < 1.29 is 9.90 Å². The van der Waals surface area contributed by atoms with E-state index in [2.05, 4.69) is 11.8 Å². The predicted molar refractivity (Wildman–Crippen MR) is 80.6 cm³/mol. The number of carbonyl (C=O) groups excluding carboxylic acids is 1. The van der Waals surface area contributed by atoms with Crippen LogP contribution in [-0.2, 0) is 0 Å². The van der Waals surface area contributed by atoms with E-state index in [1.807, 2.05) is 13.8 Å². The van der Waals surface area contributed by atoms with E-state index in [1.165, 1.54) is 0 Å². The number of aliphatic hydroxyl groups excluding tert-OH is 1. The van der Waals surface area contributed by atoms with Gasteiger partial charge in [0.15, 0.2) is 0 Å². The van der Waals surface area contributed by atoms with Gasteiger partial charge in [0, 0.05) is 23.7 Å². The fraction of sp³-hybridized carbons (Fsp3) is 0.400. The van der Waals surface area contributed by atoms with Crippen LogP contribution in [-0.4, -0.2) is 41.7 Å². The molecule has 0 spiro atoms. The second-order valence-electron chi connectivity index (χ2n) is 4.52. The van der Waals surface area contributed by atoms with E-state index < -0.39 is 0 Å². The number of rotatable bonds is 4. The van der Waals surface area contributed by atoms with Crippen LogP contribution in [0.25, 0.3) is 0 Å². The van der Waals surface area contributed by atoms with Crippen LogP contribution in [0.4, 0.5) is 0 Å². The lowest BCUT2D eigenvalue weighted by Crippen LogP contribution is -2.39. The standard InChI is InChI=1S/C15H19ClN2O2/c1-11(2)18(8-9-19)15(20)13-6-5-12(4-3-7-17)14(16)10-13/h5-6,10-11,19H,7-9,17H2,1-2H3. The van der Waals surface area contributed by atoms with Crippen molar-refractivity contribution in [3.05, 3.63) is 34.3 Å². The van der Waals surface area contributed by atoms with Gasteiger partial charge in [-0.05, 0) is 32.0 Å². The zero-order valence-electron chi connectivity index (χ0n) is 11.7. The van der Waals surface area contributed by atoms with Gasteiger partial charge in [0.1, 0.15) is 0 Å². The fourth-order valence-corrected chi connectivity index (χ4v) is 1.99. The number of benzene rings is 1. The first-order valence-electron chi connectivity index (χ1n) is 6.41. The lowest BCUT2D eigenvalue weighted by atomic mass is 10.1. The molecule has 0 heterocycles. The Bertz CT molecular complexity index is 532. The van der Waals surface area contributed by atoms with Crippen LogP contribution in [0, 0.1) is 11.8 Å². The SMILES string of the molecule is CC(C)N(CCO)C(=O)c1ccc(C#CCN)c(Cl)c1. The molecule has 20 heavy (non-hydrogen) atoms. The molecule has 0 aromatic heterocycles. The topological polar surface area (TPSA) is 66.6 Å². The molecule has 0 fully saturated rings. The van der Waals surface area contributed by atoms with Crippen LogP contribution in [0.15, 0.2) is 18.2 Å². The Hall–Kier alpha value is -1.54. The average Bonchev–Trinajstić information content (AvgIpc) is 2.42. The van der Waals surface area contributed by atoms with Gasteiger partial charge >= 0.3 is 0 Å². The molecule has 1 amide bonds. The first-order valence-corrected chi connectivity index (χ1v) is 6.79. The van der Waals surface area contributed by atoms with Gasteiger partial charge in [0.25, 0.3) is 5.91 Å². The molecule has 4 nitrogen and oxygen atoms in total. The third kappa shape index (κ3) is 4.24. The number of nitrogens with zero attached hydrogens (tertiary/aromatic N) is 1. The number of amides is 1. The van der Waals surface area contributed by atoms with Crippen molar-refractivity contribution in [2.24, 2.45) is 5.73 Å². The summed E-state index contributed by atoms with van der Waals surface area (Å²) in [6.45, 7) is 4.28. The van der Waals surface area contributed by atoms with E-state index in [-0.39, 0.29) is 25.1 Å². The highest BCUT2D eigenvalue weighted by Gasteiger charge is 2.18. The monoisotopic (exact) mass is 294 g/mol. The van der Waals surface area contributed by atoms with Gasteiger partial charge < -0.3 is 15.7 Å². The van der Waals surface area contributed by atoms with Crippen molar-refractivity contribution in [1.29, 1.82) is 0 Å². The normalized spacial score (nSPS) is 10.1. The Morgan fingerprint density at radius 1 is 1.50 bits per heavy atom. The van der Waals surface area contributed by atoms with Gasteiger partial charge in [0.05, 0.1) is 18.2 Å². The van der Waals surface area contributed by atoms with Gasteiger partial charge in [-0.2, -0.15) is 0 Å². The molecule has 108 valence electrons. The molecular formula is C15H19ClN2O2. The minimum absolute atomic E-state index is 0.00475. The van der Waals surface area contributed by atoms with E-state index in [4.69, 9.17) is 22.4 Å². The van der Waals surface area contributed by atoms with Crippen LogP contribution in [0.2, 0.25) is 5.02 Å². The third-order valence-corrected chi connectivity index (χ3v) is 3.08. The van der Waals surface area contributed by atoms with Crippen LogP contribution < -0.4 is 5.73 Å². The summed E-state index contributed by atoms with van der Waals surface area (Å²) in [5, 5.41) is 9.45. The average molecular weight is 295 g/mol. The van der Waals surface area contributed by atoms with Gasteiger partial charge in [-0.1, -0.05) is 23.4 Å². The number of nitrogens with two attached hydrogens (primary N) is 1. The molecule has 0 aliphatic heterocycles. The Kier molecular flexibility index (Phi) is 6.53. The lowest BCUT2D eigenvalue weighted by molar-refractivity contribution is 0.0665. The van der Waals surface area contributed by atoms with E-state index in [0.29, 0.717) is 22.7 Å². The number of hydrogen-bond donors (Lipinski definition) is 2. The molecule has 0 aliphatic rings. The molecule has 0 radical (unpaired) electrons. The molecule has 0 bridgehead atoms. The molecular weight excluding hydrogens is 276 g/mol. The van der Waals surface area contributed by atoms with Gasteiger partial charge in [-0.3, -0.25) is 4.79 Å². The first-order chi connectivity index (χ1) is 9.51. The van der Waals surface area contributed by atoms with E-state index in [9.17, 15) is 4.79 Å². The van der Waals surface area contributed by atoms with E-state index in [1.54, 1.807) is 23.1 Å². The molecule has 0 saturated heterocycles. The number of halogens is 1. The van der Waals surface area contributed by atoms with Gasteiger partial charge in [-0.25, -0.2) is 0 Å². The fourth-order valence-electron chi connectivity index (χ4n) is 1.76. The van der Waals surface area contributed by atoms with Crippen LogP contribution >= 0.6 is 11.6 Å². The predicted octanol–water partition coefficient (Wildman–Crippen LogP) is 1.49. The summed E-state index contributed by atoms with van der Waals surface area (Å²) in [4.78, 5) is 13.9. The highest BCUT2D eigenvalue weighted by atomic mass is 35.5. The van der Waals surface area contributed by atoms with Crippen LogP contribution in [0.5, 0.6) is 0 Å². The molecule has 3 N–H and O–H groups in total. The highest BCUT2D eigenvalue weighted by Crippen LogP contribution is 2.19. The Balaban J connectivity index is 3.02. The maximum atomic E-state index is 12.4. The Labute approximate surface area is 124 Å². The molecule has 0 saturated carbocycles. The molecule has 0 aliphatic carbocycles. The van der Waals surface area contributed by atoms with Crippen LogP contribution in [0.3, 0.4) is 0 Å². The molecule has 1 rings (SSSR count). The quantitative estimate of drug-likeness (QED) is 0.827. The van der Waals surface area contributed by atoms with Crippen molar-refractivity contribution in [1.82, 2.24) is 4.90 Å². The maximum absolute atomic E-state index is 12.4. The first kappa shape index (κ1) is 16.5. The maximum Gasteiger partial charge on any atom is 0.254 e. The molecule has 0 atom stereocenters. The number of aliphatic hydroxyl groups is 1. The zero-order valence-corrected chi connectivity index (χ0v) is 12.4. The number of carbonyl (C=O) groups is 1. The highest BCUT2D eigenvalue weighted by molar-refractivity contribution is 6.32. The third-order valence-electron chi connectivity index (χ3n) is 2.77. The second-order valence-corrected chi connectivity index (χ2v) is 4.92. The second kappa shape index (κ2) is 7.91. The molecule has 1 aromatic rings. The van der Waals surface area contributed by atoms with Crippen LogP contribution in [0.1, 0.15) is 29.8 Å². The summed E-state index contributed by atoms with van der Waals surface area (Å²) in [6.07, 6.45) is 0. The molecule has 0 unspecified atom stereocenters. The zero-order chi connectivity index (χ0) is 15.1. The smallest absolute Gasteiger partial charge is 0.254 e. The lowest BCUT2D eigenvalue weighted by Gasteiger charge is -2.26. The number of hydrogen-bond acceptors (Lipinski definition) is 3. The molecule has 5 heteroatoms. The largest absolute Gasteiger partial charge is 0.395 e. The molecule has 1 aromatic carbocycles. The van der Waals surface area contributed by atoms with Gasteiger partial charge in [-0.15, -0.1) is 0 Å². The summed E-state index contributed by atoms with van der Waals surface area (Å²) < 4.78 is 0. The summed E-state index contributed by atoms with van der Waals surface area (Å²) in [5.41, 5.74) is 6.44. The Morgan fingerprint density at radius 2 is 2.20 bits per heavy atom. The van der Waals surface area contributed by atoms with Crippen molar-refractivity contribution in [3.8, 4) is 11.8 Å². The van der Waals surface area contributed by atoms with E-state index in [0.717, 1.165) is 0 Å². The summed E-state index contributed by atoms with van der Waals surface area (Å²) >= 11 is 6.11. The minimum atomic E-state index is -0.158. The summed E-state index contributed by atoms with van der Waals surface area (Å²) in [5.74, 6) is 5.41. The Morgan fingerprint density at radius 3 is 2.70 bits per heavy atom. The van der Waals surface area contributed by atoms with Crippen molar-refractivity contribution in [2.45, 2.75) is 19.9 Å².